The minimum Gasteiger partial charge on any atom is -0.481 e. The number of aromatic nitrogens is 6. The molecule has 1 unspecified atom stereocenters. The number of rotatable bonds is 5. The molecule has 0 aliphatic carbocycles. The van der Waals surface area contributed by atoms with Gasteiger partial charge in [0.15, 0.2) is 0 Å². The van der Waals surface area contributed by atoms with E-state index in [4.69, 9.17) is 10.2 Å². The fourth-order valence-corrected chi connectivity index (χ4v) is 4.95. The molecule has 6 aromatic carbocycles. The van der Waals surface area contributed by atoms with Crippen LogP contribution >= 0.6 is 0 Å². The molecule has 59 heavy (non-hydrogen) atoms. The molecule has 16 heteroatoms. The number of hydrogen-bond acceptors (Lipinski definition) is 7. The van der Waals surface area contributed by atoms with Crippen molar-refractivity contribution < 1.29 is 61.4 Å². The Morgan fingerprint density at radius 2 is 0.949 bits per heavy atom. The topological polar surface area (TPSA) is 111 Å². The molecule has 0 spiro atoms. The summed E-state index contributed by atoms with van der Waals surface area (Å²) in [6, 6.07) is 46.4. The number of aliphatic hydroxyl groups is 2. The first-order valence-electron chi connectivity index (χ1n) is 17.3. The van der Waals surface area contributed by atoms with Gasteiger partial charge < -0.3 is 14.9 Å². The van der Waals surface area contributed by atoms with Gasteiger partial charge in [-0.05, 0) is 49.5 Å². The van der Waals surface area contributed by atoms with Crippen LogP contribution in [0.1, 0.15) is 35.1 Å². The molecule has 0 bridgehead atoms. The zero-order valence-electron chi connectivity index (χ0n) is 31.5. The van der Waals surface area contributed by atoms with Crippen LogP contribution < -0.4 is 0 Å². The molecule has 0 aliphatic rings. The Kier molecular flexibility index (Phi) is 19.2. The smallest absolute Gasteiger partial charge is 0.386 e. The molecule has 0 saturated carbocycles. The van der Waals surface area contributed by atoms with Crippen molar-refractivity contribution in [3.63, 3.8) is 0 Å². The van der Waals surface area contributed by atoms with Crippen molar-refractivity contribution in [2.45, 2.75) is 53.6 Å². The van der Waals surface area contributed by atoms with Crippen molar-refractivity contribution in [1.29, 1.82) is 0 Å². The van der Waals surface area contributed by atoms with Gasteiger partial charge in [-0.1, -0.05) is 68.1 Å². The van der Waals surface area contributed by atoms with E-state index in [-0.39, 0.29) is 47.3 Å². The Labute approximate surface area is 350 Å². The first-order valence-corrected chi connectivity index (χ1v) is 17.3. The second-order valence-electron chi connectivity index (χ2n) is 12.0. The van der Waals surface area contributed by atoms with Crippen LogP contribution in [0.25, 0.3) is 55.0 Å². The van der Waals surface area contributed by atoms with Crippen LogP contribution in [-0.2, 0) is 24.8 Å². The van der Waals surface area contributed by atoms with Crippen molar-refractivity contribution in [3.05, 3.63) is 145 Å². The van der Waals surface area contributed by atoms with E-state index < -0.39 is 18.5 Å². The molecule has 8 aromatic rings. The van der Waals surface area contributed by atoms with Gasteiger partial charge in [0, 0.05) is 40.0 Å². The Bertz CT molecular complexity index is 2270. The first-order chi connectivity index (χ1) is 27.0. The largest absolute Gasteiger partial charge is 0.481 e. The van der Waals surface area contributed by atoms with E-state index in [1.165, 1.54) is 13.0 Å². The van der Waals surface area contributed by atoms with Gasteiger partial charge in [0.05, 0.1) is 12.7 Å². The second-order valence-corrected chi connectivity index (χ2v) is 12.0. The number of ether oxygens (including phenoxy) is 1. The number of aliphatic hydroxyl groups excluding tert-OH is 2. The molecule has 1 atom stereocenters. The summed E-state index contributed by atoms with van der Waals surface area (Å²) in [4.78, 5) is 3.32. The Morgan fingerprint density at radius 3 is 1.25 bits per heavy atom. The molecule has 0 aliphatic heterocycles. The predicted octanol–water partition coefficient (Wildman–Crippen LogP) is 11.3. The summed E-state index contributed by atoms with van der Waals surface area (Å²) in [5.74, 6) is -0.215. The number of hydrogen-bond donors (Lipinski definition) is 2. The normalized spacial score (nSPS) is 11.5. The van der Waals surface area contributed by atoms with Gasteiger partial charge in [-0.3, -0.25) is 0 Å². The molecule has 0 amide bonds. The molecular weight excluding hydrogens is 955 g/mol. The van der Waals surface area contributed by atoms with Crippen LogP contribution in [0.2, 0.25) is 0 Å². The third-order valence-corrected chi connectivity index (χ3v) is 7.05. The van der Waals surface area contributed by atoms with E-state index in [1.807, 2.05) is 97.1 Å². The van der Waals surface area contributed by atoms with Crippen molar-refractivity contribution in [1.82, 2.24) is 30.0 Å². The Balaban J connectivity index is 0.000000282. The summed E-state index contributed by atoms with van der Waals surface area (Å²) in [6.45, 7) is 4.08. The monoisotopic (exact) mass is 997 g/mol. The summed E-state index contributed by atoms with van der Waals surface area (Å²) >= 11 is 0. The van der Waals surface area contributed by atoms with Crippen LogP contribution in [0.4, 0.5) is 26.3 Å². The number of alkyl halides is 6. The van der Waals surface area contributed by atoms with Crippen LogP contribution in [0.3, 0.4) is 0 Å². The van der Waals surface area contributed by atoms with Gasteiger partial charge in [-0.15, -0.1) is 33.7 Å². The number of halogens is 6. The Hall–Kier alpha value is -5.83. The fraction of sp³-hybridized carbons (Fsp3) is 0.209. The Morgan fingerprint density at radius 1 is 0.644 bits per heavy atom. The van der Waals surface area contributed by atoms with Crippen LogP contribution in [0, 0.1) is 12.1 Å². The summed E-state index contributed by atoms with van der Waals surface area (Å²) in [5.41, 5.74) is 5.34. The van der Waals surface area contributed by atoms with Crippen molar-refractivity contribution in [2.75, 3.05) is 6.61 Å². The van der Waals surface area contributed by atoms with Crippen LogP contribution in [-0.4, -0.2) is 65.3 Å². The molecule has 1 radical (unpaired) electrons. The average Bonchev–Trinajstić information content (AvgIpc) is 3.78. The predicted molar refractivity (Wildman–Crippen MR) is 215 cm³/mol. The molecule has 0 fully saturated rings. The van der Waals surface area contributed by atoms with Crippen molar-refractivity contribution in [2.24, 2.45) is 0 Å². The van der Waals surface area contributed by atoms with E-state index >= 15 is 0 Å². The van der Waals surface area contributed by atoms with Crippen LogP contribution in [0.15, 0.2) is 133 Å². The molecule has 8 rings (SSSR count). The summed E-state index contributed by atoms with van der Waals surface area (Å²) < 4.78 is 66.7. The average molecular weight is 997 g/mol. The zero-order valence-corrected chi connectivity index (χ0v) is 33.9. The third-order valence-electron chi connectivity index (χ3n) is 7.05. The molecule has 9 nitrogen and oxygen atoms in total. The standard InChI is InChI=1S/2C16H10N3.C6H12O3.2C2H3F3.CH4.Ir/c2*1-2-8-13-12(6-1)7-5-11-16(13)19-17-14-9-3-4-10-15(14)18-19;1-3-9-6(8)4-5(2)7;2*1-2(3,4)5;;/h2*1-10H;4-5,7-8H,3H2,1-2H3;2*1H3;1H4;/q2*-1;;;;;. The third kappa shape index (κ3) is 16.5. The molecule has 0 saturated heterocycles. The van der Waals surface area contributed by atoms with Crippen molar-refractivity contribution >= 4 is 43.6 Å². The van der Waals surface area contributed by atoms with Gasteiger partial charge in [-0.2, -0.15) is 92.7 Å². The van der Waals surface area contributed by atoms with Crippen molar-refractivity contribution in [3.8, 4) is 11.4 Å². The summed E-state index contributed by atoms with van der Waals surface area (Å²) in [5, 5.41) is 39.9. The molecular formula is C43H42F6IrN6O3-2. The van der Waals surface area contributed by atoms with E-state index in [9.17, 15) is 26.3 Å². The number of nitrogens with zero attached hydrogens (tertiary/aromatic N) is 6. The molecule has 2 aromatic heterocycles. The van der Waals surface area contributed by atoms with Gasteiger partial charge in [-0.25, -0.2) is 0 Å². The van der Waals surface area contributed by atoms with E-state index in [2.05, 4.69) is 61.5 Å². The maximum atomic E-state index is 10.4. The van der Waals surface area contributed by atoms with Gasteiger partial charge in [0.2, 0.25) is 0 Å². The minimum atomic E-state index is -4.00. The molecule has 2 heterocycles. The summed E-state index contributed by atoms with van der Waals surface area (Å²) in [6.07, 6.45) is -7.43. The fourth-order valence-electron chi connectivity index (χ4n) is 4.95. The minimum absolute atomic E-state index is 0. The number of fused-ring (bicyclic) bond motifs is 4. The van der Waals surface area contributed by atoms with Crippen LogP contribution in [0.5, 0.6) is 0 Å². The SMILES string of the molecule is C.CC(F)(F)F.CC(F)(F)F.CCOC(O)=CC(C)O.[Ir].[c-]1ccc2ccccc2c1-n1nc2ccccc2n1.[c-]1ccc2ccccc2c1-n1nc2ccccc2n1. The maximum Gasteiger partial charge on any atom is 0.386 e. The molecule has 2 N–H and O–H groups in total. The maximum absolute atomic E-state index is 10.4. The second kappa shape index (κ2) is 22.9. The van der Waals surface area contributed by atoms with Gasteiger partial charge >= 0.3 is 12.4 Å². The quantitative estimate of drug-likeness (QED) is 0.100. The molecule has 315 valence electrons. The zero-order chi connectivity index (χ0) is 41.6. The van der Waals surface area contributed by atoms with E-state index in [0.717, 1.165) is 55.0 Å². The van der Waals surface area contributed by atoms with E-state index in [1.54, 1.807) is 16.5 Å². The first kappa shape index (κ1) is 49.3. The summed E-state index contributed by atoms with van der Waals surface area (Å²) in [7, 11) is 0. The number of benzene rings is 6. The van der Waals surface area contributed by atoms with E-state index in [0.29, 0.717) is 6.61 Å². The van der Waals surface area contributed by atoms with Gasteiger partial charge in [0.1, 0.15) is 22.1 Å². The van der Waals surface area contributed by atoms with Gasteiger partial charge in [0.25, 0.3) is 5.95 Å².